The molecule has 3 unspecified atom stereocenters. The number of aliphatic hydroxyl groups excluding tert-OH is 2. The maximum absolute atomic E-state index is 11.9. The molecule has 36 heavy (non-hydrogen) atoms. The summed E-state index contributed by atoms with van der Waals surface area (Å²) in [5.74, 6) is -1.25. The monoisotopic (exact) mass is 560 g/mol. The van der Waals surface area contributed by atoms with Gasteiger partial charge in [0.2, 0.25) is 0 Å². The summed E-state index contributed by atoms with van der Waals surface area (Å²) in [6.45, 7) is 0.0161. The molecule has 1 saturated heterocycles. The number of hydrogen-bond donors (Lipinski definition) is 5. The van der Waals surface area contributed by atoms with Crippen LogP contribution in [0.3, 0.4) is 0 Å². The topological polar surface area (TPSA) is 187 Å². The normalized spacial score (nSPS) is 25.9. The number of para-hydroxylation sites is 1. The van der Waals surface area contributed by atoms with Gasteiger partial charge in [-0.05, 0) is 18.1 Å². The third-order valence-corrected chi connectivity index (χ3v) is 9.72. The molecule has 2 aliphatic heterocycles. The van der Waals surface area contributed by atoms with Crippen molar-refractivity contribution in [1.29, 1.82) is 0 Å². The average Bonchev–Trinajstić information content (AvgIpc) is 3.47. The third-order valence-electron chi connectivity index (χ3n) is 6.08. The smallest absolute Gasteiger partial charge is 0.340 e. The number of rotatable bonds is 7. The van der Waals surface area contributed by atoms with Crippen LogP contribution in [0.25, 0.3) is 5.52 Å². The zero-order valence-electron chi connectivity index (χ0n) is 18.5. The highest BCUT2D eigenvalue weighted by atomic mass is 35.5. The Labute approximate surface area is 209 Å². The lowest BCUT2D eigenvalue weighted by Crippen LogP contribution is -2.33. The van der Waals surface area contributed by atoms with Gasteiger partial charge in [0, 0.05) is 18.3 Å². The molecule has 4 heterocycles. The van der Waals surface area contributed by atoms with E-state index >= 15 is 0 Å². The van der Waals surface area contributed by atoms with Crippen LogP contribution in [0.15, 0.2) is 36.5 Å². The molecular formula is C20H23ClN4O9P2. The van der Waals surface area contributed by atoms with Gasteiger partial charge in [0.1, 0.15) is 29.9 Å². The molecule has 5 atom stereocenters. The second kappa shape index (κ2) is 9.45. The molecule has 2 aliphatic rings. The third kappa shape index (κ3) is 4.97. The minimum absolute atomic E-state index is 0.137. The minimum atomic E-state index is -4.82. The number of hydrogen-bond acceptors (Lipinski definition) is 9. The standard InChI is InChI=1S/C20H23ClN4O9P2/c21-16-7-13(24-6-5-11-3-1-2-4-12(11)24)14-8-22-20(25(14)23-16)19-18(27)17(26)15(34-19)9-33-36(31,32)10-35(28,29)30/h1-4,7-8,15,17-19,26-27H,5-6,9-10H2,(H,31,32)(H2,28,29,30)/t15-,17?,18?,19-/m1/s1. The molecule has 0 aliphatic carbocycles. The Kier molecular flexibility index (Phi) is 6.76. The summed E-state index contributed by atoms with van der Waals surface area (Å²) in [5.41, 5.74) is 3.53. The van der Waals surface area contributed by atoms with Crippen LogP contribution in [0.5, 0.6) is 0 Å². The predicted octanol–water partition coefficient (Wildman–Crippen LogP) is 1.58. The molecule has 3 aromatic rings. The number of halogens is 1. The first-order chi connectivity index (χ1) is 16.9. The maximum Gasteiger partial charge on any atom is 0.340 e. The molecule has 0 saturated carbocycles. The van der Waals surface area contributed by atoms with Crippen LogP contribution < -0.4 is 4.90 Å². The lowest BCUT2D eigenvalue weighted by Gasteiger charge is -2.21. The summed E-state index contributed by atoms with van der Waals surface area (Å²) in [6.07, 6.45) is -3.12. The zero-order valence-corrected chi connectivity index (χ0v) is 21.1. The second-order valence-corrected chi connectivity index (χ2v) is 13.0. The van der Waals surface area contributed by atoms with Crippen molar-refractivity contribution in [2.24, 2.45) is 0 Å². The fourth-order valence-electron chi connectivity index (χ4n) is 4.51. The summed E-state index contributed by atoms with van der Waals surface area (Å²) >= 11 is 6.33. The van der Waals surface area contributed by atoms with Crippen molar-refractivity contribution in [1.82, 2.24) is 14.6 Å². The van der Waals surface area contributed by atoms with Crippen molar-refractivity contribution in [3.63, 3.8) is 0 Å². The van der Waals surface area contributed by atoms with Crippen molar-refractivity contribution in [3.05, 3.63) is 53.1 Å². The SMILES string of the molecule is O=P(O)(O)CP(=O)(O)OC[C@H]1O[C@@H](c2ncc3c(N4CCc5ccccc54)cc(Cl)nn23)C(O)C1O. The molecule has 13 nitrogen and oxygen atoms in total. The van der Waals surface area contributed by atoms with E-state index in [1.807, 2.05) is 18.2 Å². The van der Waals surface area contributed by atoms with E-state index in [0.717, 1.165) is 17.8 Å². The Morgan fingerprint density at radius 3 is 2.64 bits per heavy atom. The van der Waals surface area contributed by atoms with E-state index in [1.54, 1.807) is 12.3 Å². The van der Waals surface area contributed by atoms with Gasteiger partial charge in [0.05, 0.1) is 18.5 Å². The maximum atomic E-state index is 11.9. The molecule has 5 rings (SSSR count). The van der Waals surface area contributed by atoms with E-state index in [1.165, 1.54) is 10.1 Å². The quantitative estimate of drug-likeness (QED) is 0.263. The Hall–Kier alpha value is -1.89. The summed E-state index contributed by atoms with van der Waals surface area (Å²) in [7, 11) is -9.50. The van der Waals surface area contributed by atoms with Gasteiger partial charge in [-0.2, -0.15) is 5.10 Å². The van der Waals surface area contributed by atoms with Crippen LogP contribution in [0.2, 0.25) is 5.15 Å². The molecule has 5 N–H and O–H groups in total. The molecular weight excluding hydrogens is 538 g/mol. The first kappa shape index (κ1) is 25.7. The van der Waals surface area contributed by atoms with Gasteiger partial charge < -0.3 is 39.1 Å². The molecule has 1 fully saturated rings. The molecule has 16 heteroatoms. The van der Waals surface area contributed by atoms with E-state index in [2.05, 4.69) is 21.0 Å². The largest absolute Gasteiger partial charge is 0.387 e. The predicted molar refractivity (Wildman–Crippen MR) is 127 cm³/mol. The Bertz CT molecular complexity index is 1400. The van der Waals surface area contributed by atoms with E-state index in [9.17, 15) is 24.2 Å². The van der Waals surface area contributed by atoms with Gasteiger partial charge in [0.15, 0.2) is 16.9 Å². The fraction of sp³-hybridized carbons (Fsp3) is 0.400. The van der Waals surface area contributed by atoms with E-state index in [0.29, 0.717) is 12.1 Å². The van der Waals surface area contributed by atoms with Crippen LogP contribution in [0.4, 0.5) is 11.4 Å². The summed E-state index contributed by atoms with van der Waals surface area (Å²) in [6, 6.07) is 9.68. The van der Waals surface area contributed by atoms with Crippen molar-refractivity contribution >= 4 is 43.7 Å². The molecule has 1 aromatic carbocycles. The molecule has 2 aromatic heterocycles. The lowest BCUT2D eigenvalue weighted by atomic mass is 10.1. The number of fused-ring (bicyclic) bond motifs is 2. The van der Waals surface area contributed by atoms with Crippen LogP contribution >= 0.6 is 26.8 Å². The Morgan fingerprint density at radius 1 is 1.14 bits per heavy atom. The number of ether oxygens (including phenoxy) is 1. The van der Waals surface area contributed by atoms with Gasteiger partial charge in [-0.3, -0.25) is 9.13 Å². The highest BCUT2D eigenvalue weighted by Crippen LogP contribution is 2.55. The first-order valence-electron chi connectivity index (χ1n) is 10.9. The molecule has 0 amide bonds. The van der Waals surface area contributed by atoms with Gasteiger partial charge in [0.25, 0.3) is 0 Å². The fourth-order valence-corrected chi connectivity index (χ4v) is 7.26. The number of aromatic nitrogens is 3. The van der Waals surface area contributed by atoms with E-state index in [4.69, 9.17) is 30.6 Å². The van der Waals surface area contributed by atoms with Crippen LogP contribution in [-0.4, -0.2) is 76.9 Å². The molecule has 194 valence electrons. The van der Waals surface area contributed by atoms with Crippen LogP contribution in [0, 0.1) is 0 Å². The highest BCUT2D eigenvalue weighted by Gasteiger charge is 2.46. The van der Waals surface area contributed by atoms with Crippen LogP contribution in [0.1, 0.15) is 17.5 Å². The van der Waals surface area contributed by atoms with Gasteiger partial charge in [-0.1, -0.05) is 29.8 Å². The summed E-state index contributed by atoms with van der Waals surface area (Å²) < 4.78 is 34.8. The second-order valence-electron chi connectivity index (χ2n) is 8.61. The summed E-state index contributed by atoms with van der Waals surface area (Å²) in [4.78, 5) is 34.0. The highest BCUT2D eigenvalue weighted by molar-refractivity contribution is 7.70. The minimum Gasteiger partial charge on any atom is -0.387 e. The Morgan fingerprint density at radius 2 is 1.89 bits per heavy atom. The van der Waals surface area contributed by atoms with Crippen molar-refractivity contribution in [2.75, 3.05) is 24.0 Å². The van der Waals surface area contributed by atoms with E-state index < -0.39 is 52.1 Å². The van der Waals surface area contributed by atoms with Crippen molar-refractivity contribution in [3.8, 4) is 0 Å². The number of benzene rings is 1. The number of aliphatic hydroxyl groups is 2. The number of nitrogens with zero attached hydrogens (tertiary/aromatic N) is 4. The lowest BCUT2D eigenvalue weighted by molar-refractivity contribution is -0.0217. The van der Waals surface area contributed by atoms with Crippen molar-refractivity contribution in [2.45, 2.75) is 30.8 Å². The van der Waals surface area contributed by atoms with Crippen LogP contribution in [-0.2, 0) is 24.8 Å². The first-order valence-corrected chi connectivity index (χ1v) is 14.8. The number of anilines is 2. The van der Waals surface area contributed by atoms with E-state index in [-0.39, 0.29) is 11.0 Å². The summed E-state index contributed by atoms with van der Waals surface area (Å²) in [5, 5.41) is 25.5. The van der Waals surface area contributed by atoms with Crippen molar-refractivity contribution < 1.29 is 43.3 Å². The van der Waals surface area contributed by atoms with Gasteiger partial charge in [-0.25, -0.2) is 9.50 Å². The number of imidazole rings is 1. The average molecular weight is 561 g/mol. The molecule has 0 radical (unpaired) electrons. The van der Waals surface area contributed by atoms with Gasteiger partial charge >= 0.3 is 15.2 Å². The Balaban J connectivity index is 1.41. The van der Waals surface area contributed by atoms with Gasteiger partial charge in [-0.15, -0.1) is 0 Å². The zero-order chi connectivity index (χ0) is 25.8. The molecule has 0 spiro atoms. The molecule has 0 bridgehead atoms.